The van der Waals surface area contributed by atoms with Crippen molar-refractivity contribution in [3.8, 4) is 33.7 Å². The smallest absolute Gasteiger partial charge is 0.358 e. The average molecular weight is 674 g/mol. The molecule has 0 saturated heterocycles. The van der Waals surface area contributed by atoms with Crippen molar-refractivity contribution in [2.24, 2.45) is 11.1 Å². The van der Waals surface area contributed by atoms with Crippen LogP contribution in [0.3, 0.4) is 0 Å². The van der Waals surface area contributed by atoms with Gasteiger partial charge in [-0.05, 0) is 99.5 Å². The second-order valence-corrected chi connectivity index (χ2v) is 15.3. The molecule has 0 radical (unpaired) electrons. The number of ether oxygens (including phenoxy) is 1. The molecule has 2 aromatic carbocycles. The average Bonchev–Trinajstić information content (AvgIpc) is 3.43. The zero-order chi connectivity index (χ0) is 32.6. The maximum Gasteiger partial charge on any atom is 0.358 e. The number of primary sulfonamides is 1. The van der Waals surface area contributed by atoms with E-state index in [1.54, 1.807) is 24.3 Å². The van der Waals surface area contributed by atoms with Crippen LogP contribution in [0, 0.1) is 37.4 Å². The lowest BCUT2D eigenvalue weighted by atomic mass is 10.1. The second kappa shape index (κ2) is 13.0. The van der Waals surface area contributed by atoms with Crippen LogP contribution in [0.2, 0.25) is 0 Å². The number of esters is 1. The number of aromatic nitrogens is 2. The molecule has 236 valence electrons. The van der Waals surface area contributed by atoms with Gasteiger partial charge in [0.2, 0.25) is 10.0 Å². The fourth-order valence-electron chi connectivity index (χ4n) is 5.36. The Labute approximate surface area is 275 Å². The van der Waals surface area contributed by atoms with Gasteiger partial charge in [0, 0.05) is 38.8 Å². The molecule has 46 heavy (non-hydrogen) atoms. The number of hydrogen-bond donors (Lipinski definition) is 1. The first-order valence-corrected chi connectivity index (χ1v) is 18.1. The minimum Gasteiger partial charge on any atom is -0.461 e. The highest BCUT2D eigenvalue weighted by molar-refractivity contribution is 7.89. The zero-order valence-electron chi connectivity index (χ0n) is 25.6. The minimum atomic E-state index is -4.20. The van der Waals surface area contributed by atoms with Crippen LogP contribution in [0.15, 0.2) is 65.6 Å². The summed E-state index contributed by atoms with van der Waals surface area (Å²) in [5, 5.41) is 5.93. The summed E-state index contributed by atoms with van der Waals surface area (Å²) in [6.07, 6.45) is 2.99. The maximum absolute atomic E-state index is 15.0. The van der Waals surface area contributed by atoms with Crippen molar-refractivity contribution >= 4 is 38.7 Å². The summed E-state index contributed by atoms with van der Waals surface area (Å²) in [5.41, 5.74) is 5.44. The van der Waals surface area contributed by atoms with Crippen molar-refractivity contribution in [1.82, 2.24) is 9.55 Å². The van der Waals surface area contributed by atoms with Crippen LogP contribution >= 0.6 is 22.7 Å². The molecule has 0 atom stereocenters. The number of carbonyl (C=O) groups is 1. The van der Waals surface area contributed by atoms with Crippen LogP contribution in [-0.2, 0) is 27.7 Å². The highest BCUT2D eigenvalue weighted by atomic mass is 32.2. The summed E-state index contributed by atoms with van der Waals surface area (Å²) in [5.74, 6) is 5.69. The number of rotatable bonds is 9. The van der Waals surface area contributed by atoms with Crippen LogP contribution in [0.5, 0.6) is 0 Å². The van der Waals surface area contributed by atoms with Crippen molar-refractivity contribution in [3.63, 3.8) is 0 Å². The number of carbonyl (C=O) groups excluding carboxylic acids is 1. The third kappa shape index (κ3) is 7.00. The fourth-order valence-corrected chi connectivity index (χ4v) is 7.61. The van der Waals surface area contributed by atoms with E-state index in [2.05, 4.69) is 29.4 Å². The summed E-state index contributed by atoms with van der Waals surface area (Å²) < 4.78 is 46.2. The molecule has 1 aliphatic rings. The van der Waals surface area contributed by atoms with Crippen molar-refractivity contribution in [1.29, 1.82) is 0 Å². The van der Waals surface area contributed by atoms with Gasteiger partial charge in [-0.2, -0.15) is 0 Å². The minimum absolute atomic E-state index is 0.255. The quantitative estimate of drug-likeness (QED) is 0.130. The Balaban J connectivity index is 1.50. The number of thiazole rings is 1. The first-order valence-electron chi connectivity index (χ1n) is 14.9. The third-order valence-corrected chi connectivity index (χ3v) is 10.6. The summed E-state index contributed by atoms with van der Waals surface area (Å²) in [4.78, 5) is 19.8. The first-order chi connectivity index (χ1) is 22.0. The monoisotopic (exact) mass is 673 g/mol. The van der Waals surface area contributed by atoms with Crippen LogP contribution in [-0.4, -0.2) is 30.5 Å². The van der Waals surface area contributed by atoms with E-state index in [9.17, 15) is 17.6 Å². The van der Waals surface area contributed by atoms with E-state index in [-0.39, 0.29) is 13.2 Å². The lowest BCUT2D eigenvalue weighted by Crippen LogP contribution is -2.14. The fraction of sp³-hybridized carbons (Fsp3) is 0.257. The van der Waals surface area contributed by atoms with Crippen LogP contribution in [0.4, 0.5) is 4.39 Å². The number of aryl methyl sites for hydroxylation is 2. The molecular weight excluding hydrogens is 642 g/mol. The molecule has 2 N–H and O–H groups in total. The molecule has 1 saturated carbocycles. The SMILES string of the molecule is CCOC(=O)c1nc(-c2cc(-c3cccc(C#Cc4ccc(C)s4)c3)n(Cc3ccc(S(N)(=O)=O)c(F)c3)c2CC2CC2)sc1C. The Morgan fingerprint density at radius 1 is 1.09 bits per heavy atom. The van der Waals surface area contributed by atoms with E-state index in [0.29, 0.717) is 22.2 Å². The molecule has 5 aromatic rings. The summed E-state index contributed by atoms with van der Waals surface area (Å²) in [6, 6.07) is 18.1. The molecule has 6 rings (SSSR count). The van der Waals surface area contributed by atoms with Gasteiger partial charge in [-0.1, -0.05) is 30.0 Å². The van der Waals surface area contributed by atoms with Gasteiger partial charge in [-0.15, -0.1) is 22.7 Å². The van der Waals surface area contributed by atoms with E-state index in [1.807, 2.05) is 43.3 Å². The number of nitrogens with zero attached hydrogens (tertiary/aromatic N) is 2. The summed E-state index contributed by atoms with van der Waals surface area (Å²) >= 11 is 3.08. The molecule has 1 aliphatic carbocycles. The van der Waals surface area contributed by atoms with Gasteiger partial charge in [0.25, 0.3) is 0 Å². The Hall–Kier alpha value is -4.08. The van der Waals surface area contributed by atoms with E-state index in [4.69, 9.17) is 14.9 Å². The standard InChI is InChI=1S/C35H32FN3O4S3/c1-4-43-35(40)33-22(3)45-34(38-33)28-19-30(26-7-5-6-23(16-26)11-14-27-13-8-21(2)44-27)39(31(28)18-24-9-10-24)20-25-12-15-32(29(36)17-25)46(37,41)42/h5-8,12-13,15-17,19,24H,4,9-10,18,20H2,1-3H3,(H2,37,41,42). The van der Waals surface area contributed by atoms with Crippen molar-refractivity contribution in [2.75, 3.05) is 6.61 Å². The Bertz CT molecular complexity index is 2130. The lowest BCUT2D eigenvalue weighted by Gasteiger charge is -2.16. The Morgan fingerprint density at radius 2 is 1.89 bits per heavy atom. The maximum atomic E-state index is 15.0. The Kier molecular flexibility index (Phi) is 8.99. The van der Waals surface area contributed by atoms with Gasteiger partial charge in [-0.25, -0.2) is 27.7 Å². The van der Waals surface area contributed by atoms with E-state index >= 15 is 0 Å². The normalized spacial score (nSPS) is 13.0. The highest BCUT2D eigenvalue weighted by Gasteiger charge is 2.29. The van der Waals surface area contributed by atoms with Crippen LogP contribution < -0.4 is 5.14 Å². The van der Waals surface area contributed by atoms with Crippen molar-refractivity contribution < 1.29 is 22.3 Å². The van der Waals surface area contributed by atoms with E-state index in [1.165, 1.54) is 28.3 Å². The molecule has 0 bridgehead atoms. The summed E-state index contributed by atoms with van der Waals surface area (Å²) in [6.45, 7) is 6.21. The van der Waals surface area contributed by atoms with Crippen LogP contribution in [0.25, 0.3) is 21.8 Å². The molecular formula is C35H32FN3O4S3. The molecule has 0 unspecified atom stereocenters. The topological polar surface area (TPSA) is 104 Å². The summed E-state index contributed by atoms with van der Waals surface area (Å²) in [7, 11) is -4.20. The predicted molar refractivity (Wildman–Crippen MR) is 180 cm³/mol. The van der Waals surface area contributed by atoms with Gasteiger partial charge in [-0.3, -0.25) is 0 Å². The number of nitrogens with two attached hydrogens (primary N) is 1. The molecule has 11 heteroatoms. The van der Waals surface area contributed by atoms with Gasteiger partial charge in [0.1, 0.15) is 15.7 Å². The number of sulfonamides is 1. The lowest BCUT2D eigenvalue weighted by molar-refractivity contribution is 0.0519. The van der Waals surface area contributed by atoms with Crippen molar-refractivity contribution in [3.05, 3.63) is 104 Å². The molecule has 0 spiro atoms. The number of benzene rings is 2. The van der Waals surface area contributed by atoms with E-state index in [0.717, 1.165) is 57.1 Å². The number of thiophene rings is 1. The predicted octanol–water partition coefficient (Wildman–Crippen LogP) is 7.32. The van der Waals surface area contributed by atoms with Gasteiger partial charge >= 0.3 is 5.97 Å². The molecule has 0 amide bonds. The van der Waals surface area contributed by atoms with Crippen molar-refractivity contribution in [2.45, 2.75) is 51.5 Å². The molecule has 7 nitrogen and oxygen atoms in total. The van der Waals surface area contributed by atoms with Gasteiger partial charge in [0.05, 0.1) is 11.5 Å². The molecule has 3 heterocycles. The second-order valence-electron chi connectivity index (χ2n) is 11.3. The zero-order valence-corrected chi connectivity index (χ0v) is 28.0. The molecule has 3 aromatic heterocycles. The van der Waals surface area contributed by atoms with Gasteiger partial charge < -0.3 is 9.30 Å². The third-order valence-electron chi connectivity index (χ3n) is 7.76. The van der Waals surface area contributed by atoms with Gasteiger partial charge in [0.15, 0.2) is 5.69 Å². The Morgan fingerprint density at radius 3 is 2.57 bits per heavy atom. The number of hydrogen-bond acceptors (Lipinski definition) is 7. The molecule has 1 fully saturated rings. The van der Waals surface area contributed by atoms with E-state index < -0.39 is 26.7 Å². The largest absolute Gasteiger partial charge is 0.461 e. The first kappa shape index (κ1) is 31.9. The number of halogens is 1. The molecule has 0 aliphatic heterocycles. The van der Waals surface area contributed by atoms with Crippen LogP contribution in [0.1, 0.15) is 61.7 Å². The highest BCUT2D eigenvalue weighted by Crippen LogP contribution is 2.41.